The molecule has 0 spiro atoms. The first-order chi connectivity index (χ1) is 17.5. The second kappa shape index (κ2) is 9.84. The van der Waals surface area contributed by atoms with Crippen molar-refractivity contribution in [2.24, 2.45) is 0 Å². The van der Waals surface area contributed by atoms with Crippen molar-refractivity contribution in [3.63, 3.8) is 0 Å². The van der Waals surface area contributed by atoms with Crippen LogP contribution in [0, 0.1) is 11.6 Å². The Morgan fingerprint density at radius 2 is 1.49 bits per heavy atom. The SMILES string of the molecule is O=C(Cn1cc(F)c(=O)[nH]c1=O)Oc1ccc2c(c1)OC(=O)C(OC(=O)Cn1cc(F)c(=O)[nH]c1=O)C2. The zero-order chi connectivity index (χ0) is 26.9. The summed E-state index contributed by atoms with van der Waals surface area (Å²) in [5.41, 5.74) is -4.21. The molecule has 0 saturated carbocycles. The van der Waals surface area contributed by atoms with Crippen LogP contribution in [0.2, 0.25) is 0 Å². The Morgan fingerprint density at radius 3 is 2.08 bits per heavy atom. The van der Waals surface area contributed by atoms with Crippen LogP contribution in [-0.2, 0) is 38.6 Å². The first-order valence-corrected chi connectivity index (χ1v) is 10.2. The lowest BCUT2D eigenvalue weighted by Crippen LogP contribution is -2.39. The summed E-state index contributed by atoms with van der Waals surface area (Å²) in [6.07, 6.45) is -0.486. The van der Waals surface area contributed by atoms with Crippen molar-refractivity contribution < 1.29 is 37.4 Å². The largest absolute Gasteiger partial charge is 0.449 e. The van der Waals surface area contributed by atoms with Crippen LogP contribution in [-0.4, -0.2) is 43.1 Å². The number of halogens is 2. The predicted octanol–water partition coefficient (Wildman–Crippen LogP) is -1.66. The smallest absolute Gasteiger partial charge is 0.353 e. The average molecular weight is 520 g/mol. The lowest BCUT2D eigenvalue weighted by Gasteiger charge is -2.23. The number of H-pyrrole nitrogens is 2. The van der Waals surface area contributed by atoms with E-state index in [4.69, 9.17) is 14.2 Å². The molecule has 192 valence electrons. The maximum absolute atomic E-state index is 13.4. The highest BCUT2D eigenvalue weighted by Crippen LogP contribution is 2.30. The number of carbonyl (C=O) groups is 3. The topological polar surface area (TPSA) is 189 Å². The molecule has 16 heteroatoms. The Bertz CT molecular complexity index is 1670. The van der Waals surface area contributed by atoms with Crippen LogP contribution >= 0.6 is 0 Å². The van der Waals surface area contributed by atoms with Crippen molar-refractivity contribution in [2.75, 3.05) is 0 Å². The third-order valence-corrected chi connectivity index (χ3v) is 4.96. The van der Waals surface area contributed by atoms with Crippen molar-refractivity contribution >= 4 is 17.9 Å². The van der Waals surface area contributed by atoms with Gasteiger partial charge in [-0.1, -0.05) is 6.07 Å². The van der Waals surface area contributed by atoms with Crippen LogP contribution in [0.4, 0.5) is 8.78 Å². The minimum atomic E-state index is -1.40. The first kappa shape index (κ1) is 25.0. The van der Waals surface area contributed by atoms with Gasteiger partial charge in [0, 0.05) is 12.5 Å². The molecule has 0 aliphatic carbocycles. The van der Waals surface area contributed by atoms with Crippen LogP contribution in [0.15, 0.2) is 49.8 Å². The maximum atomic E-state index is 13.4. The molecule has 1 aliphatic rings. The minimum Gasteiger partial charge on any atom is -0.449 e. The normalized spacial score (nSPS) is 14.4. The molecule has 0 saturated heterocycles. The van der Waals surface area contributed by atoms with Crippen LogP contribution < -0.4 is 32.0 Å². The molecule has 3 aromatic rings. The van der Waals surface area contributed by atoms with E-state index < -0.39 is 71.2 Å². The summed E-state index contributed by atoms with van der Waals surface area (Å²) in [6, 6.07) is 3.90. The maximum Gasteiger partial charge on any atom is 0.353 e. The van der Waals surface area contributed by atoms with E-state index in [0.29, 0.717) is 27.1 Å². The van der Waals surface area contributed by atoms with Gasteiger partial charge in [0.1, 0.15) is 24.6 Å². The molecule has 14 nitrogen and oxygen atoms in total. The van der Waals surface area contributed by atoms with E-state index in [2.05, 4.69) is 0 Å². The molecule has 1 unspecified atom stereocenters. The highest BCUT2D eigenvalue weighted by atomic mass is 19.1. The number of hydrogen-bond acceptors (Lipinski definition) is 10. The number of aromatic amines is 2. The summed E-state index contributed by atoms with van der Waals surface area (Å²) < 4.78 is 43.0. The third kappa shape index (κ3) is 5.58. The van der Waals surface area contributed by atoms with E-state index in [1.54, 1.807) is 9.97 Å². The van der Waals surface area contributed by atoms with Crippen molar-refractivity contribution in [2.45, 2.75) is 25.6 Å². The Labute approximate surface area is 201 Å². The number of hydrogen-bond donors (Lipinski definition) is 2. The number of carbonyl (C=O) groups excluding carboxylic acids is 3. The van der Waals surface area contributed by atoms with Crippen LogP contribution in [0.1, 0.15) is 5.56 Å². The molecule has 0 bridgehead atoms. The molecule has 1 atom stereocenters. The zero-order valence-electron chi connectivity index (χ0n) is 18.3. The number of ether oxygens (including phenoxy) is 3. The van der Waals surface area contributed by atoms with Gasteiger partial charge in [-0.2, -0.15) is 8.78 Å². The Morgan fingerprint density at radius 1 is 0.919 bits per heavy atom. The van der Waals surface area contributed by atoms with Gasteiger partial charge in [-0.3, -0.25) is 33.5 Å². The lowest BCUT2D eigenvalue weighted by atomic mass is 10.0. The fraction of sp³-hybridized carbons (Fsp3) is 0.190. The van der Waals surface area contributed by atoms with Gasteiger partial charge in [-0.05, 0) is 11.6 Å². The average Bonchev–Trinajstić information content (AvgIpc) is 2.81. The molecule has 37 heavy (non-hydrogen) atoms. The molecule has 2 aromatic heterocycles. The first-order valence-electron chi connectivity index (χ1n) is 10.2. The van der Waals surface area contributed by atoms with Gasteiger partial charge in [0.05, 0.1) is 12.4 Å². The summed E-state index contributed by atoms with van der Waals surface area (Å²) in [6.45, 7) is -1.52. The fourth-order valence-electron chi connectivity index (χ4n) is 3.25. The van der Waals surface area contributed by atoms with Crippen LogP contribution in [0.3, 0.4) is 0 Å². The molecule has 0 radical (unpaired) electrons. The number of benzene rings is 1. The van der Waals surface area contributed by atoms with Gasteiger partial charge in [-0.15, -0.1) is 0 Å². The van der Waals surface area contributed by atoms with Crippen molar-refractivity contribution in [3.05, 3.63) is 89.5 Å². The molecule has 4 rings (SSSR count). The highest BCUT2D eigenvalue weighted by molar-refractivity contribution is 5.83. The van der Waals surface area contributed by atoms with Gasteiger partial charge in [0.15, 0.2) is 0 Å². The number of fused-ring (bicyclic) bond motifs is 1. The van der Waals surface area contributed by atoms with Gasteiger partial charge in [-0.25, -0.2) is 19.2 Å². The van der Waals surface area contributed by atoms with E-state index in [-0.39, 0.29) is 17.9 Å². The molecular weight excluding hydrogens is 506 g/mol. The van der Waals surface area contributed by atoms with E-state index >= 15 is 0 Å². The van der Waals surface area contributed by atoms with E-state index in [0.717, 1.165) is 0 Å². The quantitative estimate of drug-likeness (QED) is 0.281. The lowest BCUT2D eigenvalue weighted by molar-refractivity contribution is -0.164. The number of rotatable bonds is 6. The molecule has 3 heterocycles. The third-order valence-electron chi connectivity index (χ3n) is 4.96. The highest BCUT2D eigenvalue weighted by Gasteiger charge is 2.32. The van der Waals surface area contributed by atoms with Gasteiger partial charge >= 0.3 is 29.3 Å². The monoisotopic (exact) mass is 520 g/mol. The number of aromatic nitrogens is 4. The summed E-state index contributed by atoms with van der Waals surface area (Å²) in [4.78, 5) is 85.4. The summed E-state index contributed by atoms with van der Waals surface area (Å²) >= 11 is 0. The van der Waals surface area contributed by atoms with Crippen LogP contribution in [0.5, 0.6) is 11.5 Å². The molecule has 0 amide bonds. The summed E-state index contributed by atoms with van der Waals surface area (Å²) in [7, 11) is 0. The van der Waals surface area contributed by atoms with Gasteiger partial charge in [0.25, 0.3) is 11.1 Å². The molecule has 0 fully saturated rings. The fourth-order valence-corrected chi connectivity index (χ4v) is 3.25. The summed E-state index contributed by atoms with van der Waals surface area (Å²) in [5, 5.41) is 0. The Kier molecular flexibility index (Phi) is 6.64. The Balaban J connectivity index is 1.40. The van der Waals surface area contributed by atoms with Gasteiger partial charge < -0.3 is 14.2 Å². The van der Waals surface area contributed by atoms with E-state index in [9.17, 15) is 42.3 Å². The van der Waals surface area contributed by atoms with E-state index in [1.165, 1.54) is 18.2 Å². The molecular formula is C21H14F2N4O10. The number of nitrogens with one attached hydrogen (secondary N) is 2. The van der Waals surface area contributed by atoms with Gasteiger partial charge in [0.2, 0.25) is 17.7 Å². The Hall–Kier alpha value is -5.15. The van der Waals surface area contributed by atoms with E-state index in [1.807, 2.05) is 0 Å². The van der Waals surface area contributed by atoms with Crippen molar-refractivity contribution in [1.82, 2.24) is 19.1 Å². The second-order valence-electron chi connectivity index (χ2n) is 7.58. The van der Waals surface area contributed by atoms with Crippen LogP contribution in [0.25, 0.3) is 0 Å². The van der Waals surface area contributed by atoms with Crippen molar-refractivity contribution in [1.29, 1.82) is 0 Å². The van der Waals surface area contributed by atoms with Crippen molar-refractivity contribution in [3.8, 4) is 11.5 Å². The number of esters is 3. The predicted molar refractivity (Wildman–Crippen MR) is 114 cm³/mol. The zero-order valence-corrected chi connectivity index (χ0v) is 18.3. The minimum absolute atomic E-state index is 0.0197. The molecule has 1 aliphatic heterocycles. The number of nitrogens with zero attached hydrogens (tertiary/aromatic N) is 2. The molecule has 1 aromatic carbocycles. The standard InChI is InChI=1S/C21H14F2N4O10/c22-11-5-26(20(33)24-17(11)30)7-15(28)35-10-2-1-9-3-14(19(32)37-13(9)4-10)36-16(29)8-27-6-12(23)18(31)25-21(27)34/h1-2,4-6,14H,3,7-8H2,(H,24,30,33)(H,25,31,34). The second-order valence-corrected chi connectivity index (χ2v) is 7.58. The molecule has 2 N–H and O–H groups in total. The summed E-state index contributed by atoms with van der Waals surface area (Å²) in [5.74, 6) is -5.76.